The number of fused-ring (bicyclic) bond motifs is 3. The molecule has 5 heteroatoms. The van der Waals surface area contributed by atoms with Crippen molar-refractivity contribution in [3.8, 4) is 22.4 Å². The fraction of sp³-hybridized carbons (Fsp3) is 0.303. The molecule has 5 aromatic rings. The number of para-hydroxylation sites is 2. The van der Waals surface area contributed by atoms with Gasteiger partial charge in [-0.25, -0.2) is 0 Å². The highest BCUT2D eigenvalue weighted by Gasteiger charge is 2.51. The maximum absolute atomic E-state index is 6.43. The van der Waals surface area contributed by atoms with Crippen molar-refractivity contribution in [2.45, 2.75) is 65.1 Å². The van der Waals surface area contributed by atoms with Gasteiger partial charge in [-0.15, -0.1) is 0 Å². The lowest BCUT2D eigenvalue weighted by molar-refractivity contribution is 0.00578. The number of nitrogens with one attached hydrogen (secondary N) is 1. The molecule has 1 N–H and O–H groups in total. The van der Waals surface area contributed by atoms with E-state index in [2.05, 4.69) is 126 Å². The lowest BCUT2D eigenvalue weighted by Gasteiger charge is -2.32. The first-order valence-electron chi connectivity index (χ1n) is 13.4. The fourth-order valence-corrected chi connectivity index (χ4v) is 5.22. The van der Waals surface area contributed by atoms with Crippen LogP contribution in [0.15, 0.2) is 79.0 Å². The van der Waals surface area contributed by atoms with E-state index in [0.717, 1.165) is 33.3 Å². The summed E-state index contributed by atoms with van der Waals surface area (Å²) in [5.41, 5.74) is 8.00. The predicted molar refractivity (Wildman–Crippen MR) is 159 cm³/mol. The average Bonchev–Trinajstić information content (AvgIpc) is 3.36. The third-order valence-electron chi connectivity index (χ3n) is 8.25. The summed E-state index contributed by atoms with van der Waals surface area (Å²) in [5, 5.41) is 2.47. The average molecular weight is 502 g/mol. The molecule has 2 aromatic heterocycles. The summed E-state index contributed by atoms with van der Waals surface area (Å²) in [6.07, 6.45) is 1.91. The summed E-state index contributed by atoms with van der Waals surface area (Å²) >= 11 is 0. The van der Waals surface area contributed by atoms with Crippen LogP contribution in [0.2, 0.25) is 0 Å². The summed E-state index contributed by atoms with van der Waals surface area (Å²) in [7, 11) is -0.427. The van der Waals surface area contributed by atoms with Gasteiger partial charge in [0.05, 0.1) is 22.4 Å². The van der Waals surface area contributed by atoms with E-state index >= 15 is 0 Å². The van der Waals surface area contributed by atoms with Crippen LogP contribution in [0.1, 0.15) is 54.0 Å². The zero-order valence-corrected chi connectivity index (χ0v) is 23.3. The van der Waals surface area contributed by atoms with Crippen molar-refractivity contribution in [1.29, 1.82) is 0 Å². The van der Waals surface area contributed by atoms with Crippen molar-refractivity contribution in [3.05, 3.63) is 84.6 Å². The van der Waals surface area contributed by atoms with Crippen molar-refractivity contribution in [1.82, 2.24) is 9.97 Å². The SMILES string of the molecule is CC(C)(C)c1cc(B2OC(C)(C)C(C)(C)O2)cc(-c2cc(-c3cccc4c3[nH]c3ccccc34)ccn2)c1. The standard InChI is InChI=1S/C33H35BN2O2/c1-31(2,3)23-17-22(18-24(20-23)34-37-32(4,5)33(6,7)38-34)29-19-21(15-16-35-29)25-12-10-13-27-26-11-8-9-14-28(26)36-30(25)27/h8-20,36H,1-7H3. The topological polar surface area (TPSA) is 47.1 Å². The highest BCUT2D eigenvalue weighted by Crippen LogP contribution is 2.38. The first-order chi connectivity index (χ1) is 17.9. The molecule has 3 heterocycles. The molecule has 0 unspecified atom stereocenters. The summed E-state index contributed by atoms with van der Waals surface area (Å²) in [5.74, 6) is 0. The van der Waals surface area contributed by atoms with Gasteiger partial charge in [0.2, 0.25) is 0 Å². The van der Waals surface area contributed by atoms with Gasteiger partial charge in [0.15, 0.2) is 0 Å². The molecule has 192 valence electrons. The third kappa shape index (κ3) is 4.15. The van der Waals surface area contributed by atoms with Crippen LogP contribution in [-0.2, 0) is 14.7 Å². The second-order valence-electron chi connectivity index (χ2n) is 12.5. The van der Waals surface area contributed by atoms with Crippen molar-refractivity contribution < 1.29 is 9.31 Å². The fourth-order valence-electron chi connectivity index (χ4n) is 5.22. The molecule has 6 rings (SSSR count). The van der Waals surface area contributed by atoms with Crippen LogP contribution >= 0.6 is 0 Å². The number of benzene rings is 3. The molecule has 0 radical (unpaired) electrons. The summed E-state index contributed by atoms with van der Waals surface area (Å²) in [6.45, 7) is 15.1. The normalized spacial score (nSPS) is 17.0. The van der Waals surface area contributed by atoms with Crippen molar-refractivity contribution in [2.75, 3.05) is 0 Å². The number of hydrogen-bond donors (Lipinski definition) is 1. The van der Waals surface area contributed by atoms with Crippen molar-refractivity contribution >= 4 is 34.4 Å². The first kappa shape index (κ1) is 24.9. The second kappa shape index (κ2) is 8.55. The molecular weight excluding hydrogens is 467 g/mol. The molecule has 1 aliphatic rings. The van der Waals surface area contributed by atoms with E-state index in [9.17, 15) is 0 Å². The Kier molecular flexibility index (Phi) is 5.61. The Balaban J connectivity index is 1.47. The Bertz CT molecular complexity index is 1660. The quantitative estimate of drug-likeness (QED) is 0.258. The largest absolute Gasteiger partial charge is 0.494 e. The van der Waals surface area contributed by atoms with Gasteiger partial charge in [-0.2, -0.15) is 0 Å². The minimum Gasteiger partial charge on any atom is -0.399 e. The lowest BCUT2D eigenvalue weighted by atomic mass is 9.74. The second-order valence-corrected chi connectivity index (χ2v) is 12.5. The van der Waals surface area contributed by atoms with Crippen molar-refractivity contribution in [2.24, 2.45) is 0 Å². The minimum absolute atomic E-state index is 0.0397. The number of pyridine rings is 1. The zero-order chi connectivity index (χ0) is 26.9. The molecule has 0 amide bonds. The molecule has 0 aliphatic carbocycles. The van der Waals surface area contributed by atoms with Crippen LogP contribution in [0, 0.1) is 0 Å². The molecule has 3 aromatic carbocycles. The van der Waals surface area contributed by atoms with Gasteiger partial charge in [-0.05, 0) is 74.0 Å². The lowest BCUT2D eigenvalue weighted by Crippen LogP contribution is -2.41. The molecule has 0 atom stereocenters. The number of nitrogens with zero attached hydrogens (tertiary/aromatic N) is 1. The molecule has 0 saturated carbocycles. The predicted octanol–water partition coefficient (Wildman–Crippen LogP) is 7.65. The van der Waals surface area contributed by atoms with Crippen LogP contribution < -0.4 is 5.46 Å². The van der Waals surface area contributed by atoms with Gasteiger partial charge in [-0.3, -0.25) is 4.98 Å². The number of rotatable bonds is 3. The van der Waals surface area contributed by atoms with E-state index in [-0.39, 0.29) is 5.41 Å². The highest BCUT2D eigenvalue weighted by atomic mass is 16.7. The number of hydrogen-bond acceptors (Lipinski definition) is 3. The van der Waals surface area contributed by atoms with Crippen LogP contribution in [0.3, 0.4) is 0 Å². The summed E-state index contributed by atoms with van der Waals surface area (Å²) in [6, 6.07) is 25.9. The van der Waals surface area contributed by atoms with E-state index in [1.807, 2.05) is 6.20 Å². The zero-order valence-electron chi connectivity index (χ0n) is 23.3. The molecule has 0 bridgehead atoms. The van der Waals surface area contributed by atoms with Gasteiger partial charge in [0, 0.05) is 33.6 Å². The minimum atomic E-state index is -0.427. The monoisotopic (exact) mass is 502 g/mol. The van der Waals surface area contributed by atoms with Gasteiger partial charge >= 0.3 is 7.12 Å². The van der Waals surface area contributed by atoms with Gasteiger partial charge in [0.1, 0.15) is 0 Å². The first-order valence-corrected chi connectivity index (χ1v) is 13.4. The van der Waals surface area contributed by atoms with Crippen LogP contribution in [0.4, 0.5) is 0 Å². The van der Waals surface area contributed by atoms with Gasteiger partial charge < -0.3 is 14.3 Å². The Morgan fingerprint density at radius 2 is 1.47 bits per heavy atom. The van der Waals surface area contributed by atoms with Crippen LogP contribution in [0.5, 0.6) is 0 Å². The molecule has 1 aliphatic heterocycles. The van der Waals surface area contributed by atoms with E-state index in [1.165, 1.54) is 21.9 Å². The summed E-state index contributed by atoms with van der Waals surface area (Å²) < 4.78 is 12.9. The van der Waals surface area contributed by atoms with E-state index < -0.39 is 18.3 Å². The Hall–Kier alpha value is -3.41. The Morgan fingerprint density at radius 3 is 2.21 bits per heavy atom. The molecule has 1 fully saturated rings. The Labute approximate surface area is 225 Å². The molecule has 38 heavy (non-hydrogen) atoms. The maximum Gasteiger partial charge on any atom is 0.494 e. The summed E-state index contributed by atoms with van der Waals surface area (Å²) in [4.78, 5) is 8.46. The smallest absolute Gasteiger partial charge is 0.399 e. The number of aromatic amines is 1. The van der Waals surface area contributed by atoms with E-state index in [4.69, 9.17) is 14.3 Å². The molecule has 1 saturated heterocycles. The molecule has 4 nitrogen and oxygen atoms in total. The van der Waals surface area contributed by atoms with Gasteiger partial charge in [0.25, 0.3) is 0 Å². The maximum atomic E-state index is 6.43. The van der Waals surface area contributed by atoms with Crippen LogP contribution in [0.25, 0.3) is 44.2 Å². The highest BCUT2D eigenvalue weighted by molar-refractivity contribution is 6.62. The molecular formula is C33H35BN2O2. The Morgan fingerprint density at radius 1 is 0.763 bits per heavy atom. The van der Waals surface area contributed by atoms with E-state index in [1.54, 1.807) is 0 Å². The van der Waals surface area contributed by atoms with Crippen LogP contribution in [-0.4, -0.2) is 28.3 Å². The number of aromatic nitrogens is 2. The van der Waals surface area contributed by atoms with E-state index in [0.29, 0.717) is 0 Å². The molecule has 0 spiro atoms. The third-order valence-corrected chi connectivity index (χ3v) is 8.25. The van der Waals surface area contributed by atoms with Crippen molar-refractivity contribution in [3.63, 3.8) is 0 Å². The number of H-pyrrole nitrogens is 1. The van der Waals surface area contributed by atoms with Gasteiger partial charge in [-0.1, -0.05) is 69.3 Å².